The maximum atomic E-state index is 11.8. The summed E-state index contributed by atoms with van der Waals surface area (Å²) in [6.07, 6.45) is 1.15. The van der Waals surface area contributed by atoms with Crippen LogP contribution in [0.3, 0.4) is 0 Å². The van der Waals surface area contributed by atoms with Gasteiger partial charge in [-0.25, -0.2) is 12.7 Å². The summed E-state index contributed by atoms with van der Waals surface area (Å²) in [4.78, 5) is 11.8. The molecular weight excluding hydrogens is 252 g/mol. The van der Waals surface area contributed by atoms with Crippen LogP contribution in [0.25, 0.3) is 0 Å². The van der Waals surface area contributed by atoms with E-state index in [1.807, 2.05) is 31.2 Å². The summed E-state index contributed by atoms with van der Waals surface area (Å²) in [5.74, 6) is -0.374. The number of anilines is 1. The van der Waals surface area contributed by atoms with Crippen molar-refractivity contribution in [3.63, 3.8) is 0 Å². The third-order valence-corrected chi connectivity index (χ3v) is 4.21. The highest BCUT2D eigenvalue weighted by Gasteiger charge is 2.37. The molecule has 18 heavy (non-hydrogen) atoms. The van der Waals surface area contributed by atoms with E-state index in [1.165, 1.54) is 4.31 Å². The SMILES string of the molecule is Cc1cccc(NC(=O)C2CN(S(C)(=O)=O)C2)c1. The van der Waals surface area contributed by atoms with Crippen LogP contribution in [0.4, 0.5) is 5.69 Å². The van der Waals surface area contributed by atoms with E-state index in [0.29, 0.717) is 0 Å². The molecule has 1 aromatic carbocycles. The number of nitrogens with one attached hydrogen (secondary N) is 1. The Balaban J connectivity index is 1.92. The third kappa shape index (κ3) is 2.88. The van der Waals surface area contributed by atoms with Crippen LogP contribution in [0.2, 0.25) is 0 Å². The predicted molar refractivity (Wildman–Crippen MR) is 69.7 cm³/mol. The summed E-state index contributed by atoms with van der Waals surface area (Å²) in [7, 11) is -3.16. The molecule has 1 aromatic rings. The van der Waals surface area contributed by atoms with E-state index >= 15 is 0 Å². The van der Waals surface area contributed by atoms with Gasteiger partial charge in [0.25, 0.3) is 0 Å². The largest absolute Gasteiger partial charge is 0.326 e. The van der Waals surface area contributed by atoms with E-state index in [-0.39, 0.29) is 24.9 Å². The van der Waals surface area contributed by atoms with Crippen molar-refractivity contribution in [2.24, 2.45) is 5.92 Å². The van der Waals surface area contributed by atoms with Gasteiger partial charge in [-0.3, -0.25) is 4.79 Å². The molecule has 5 nitrogen and oxygen atoms in total. The summed E-state index contributed by atoms with van der Waals surface area (Å²) in [5, 5.41) is 2.80. The van der Waals surface area contributed by atoms with Crippen molar-refractivity contribution in [1.82, 2.24) is 4.31 Å². The number of carbonyl (C=O) groups excluding carboxylic acids is 1. The van der Waals surface area contributed by atoms with Gasteiger partial charge in [0, 0.05) is 18.8 Å². The van der Waals surface area contributed by atoms with Gasteiger partial charge in [-0.1, -0.05) is 12.1 Å². The van der Waals surface area contributed by atoms with E-state index < -0.39 is 10.0 Å². The van der Waals surface area contributed by atoms with Crippen LogP contribution in [-0.2, 0) is 14.8 Å². The van der Waals surface area contributed by atoms with E-state index in [0.717, 1.165) is 17.5 Å². The Kier molecular flexibility index (Phi) is 3.41. The van der Waals surface area contributed by atoms with Gasteiger partial charge in [0.2, 0.25) is 15.9 Å². The highest BCUT2D eigenvalue weighted by molar-refractivity contribution is 7.88. The number of aryl methyl sites for hydroxylation is 1. The molecule has 1 aliphatic heterocycles. The lowest BCUT2D eigenvalue weighted by atomic mass is 10.0. The van der Waals surface area contributed by atoms with Crippen molar-refractivity contribution >= 4 is 21.6 Å². The minimum atomic E-state index is -3.16. The standard InChI is InChI=1S/C12H16N2O3S/c1-9-4-3-5-11(6-9)13-12(15)10-7-14(8-10)18(2,16)17/h3-6,10H,7-8H2,1-2H3,(H,13,15). The molecule has 1 heterocycles. The molecule has 1 aliphatic rings. The highest BCUT2D eigenvalue weighted by atomic mass is 32.2. The molecule has 0 bridgehead atoms. The van der Waals surface area contributed by atoms with Gasteiger partial charge in [-0.05, 0) is 24.6 Å². The monoisotopic (exact) mass is 268 g/mol. The van der Waals surface area contributed by atoms with Crippen LogP contribution in [0, 0.1) is 12.8 Å². The quantitative estimate of drug-likeness (QED) is 0.882. The molecule has 0 spiro atoms. The summed E-state index contributed by atoms with van der Waals surface area (Å²) < 4.78 is 23.7. The van der Waals surface area contributed by atoms with Gasteiger partial charge in [0.1, 0.15) is 0 Å². The van der Waals surface area contributed by atoms with Gasteiger partial charge < -0.3 is 5.32 Å². The van der Waals surface area contributed by atoms with E-state index in [1.54, 1.807) is 0 Å². The number of carbonyl (C=O) groups is 1. The van der Waals surface area contributed by atoms with Crippen molar-refractivity contribution in [2.45, 2.75) is 6.92 Å². The van der Waals surface area contributed by atoms with Crippen molar-refractivity contribution in [3.8, 4) is 0 Å². The smallest absolute Gasteiger partial charge is 0.230 e. The van der Waals surface area contributed by atoms with Gasteiger partial charge in [-0.15, -0.1) is 0 Å². The van der Waals surface area contributed by atoms with Crippen LogP contribution in [0.1, 0.15) is 5.56 Å². The second kappa shape index (κ2) is 4.70. The van der Waals surface area contributed by atoms with Gasteiger partial charge in [0.05, 0.1) is 12.2 Å². The van der Waals surface area contributed by atoms with Gasteiger partial charge >= 0.3 is 0 Å². The predicted octanol–water partition coefficient (Wildman–Crippen LogP) is 0.825. The molecule has 1 fully saturated rings. The number of rotatable bonds is 3. The maximum Gasteiger partial charge on any atom is 0.230 e. The Labute approximate surface area is 107 Å². The van der Waals surface area contributed by atoms with Gasteiger partial charge in [-0.2, -0.15) is 0 Å². The summed E-state index contributed by atoms with van der Waals surface area (Å²) in [5.41, 5.74) is 1.82. The van der Waals surface area contributed by atoms with E-state index in [9.17, 15) is 13.2 Å². The molecule has 2 rings (SSSR count). The van der Waals surface area contributed by atoms with Crippen LogP contribution in [0.15, 0.2) is 24.3 Å². The molecule has 0 aromatic heterocycles. The van der Waals surface area contributed by atoms with Gasteiger partial charge in [0.15, 0.2) is 0 Å². The highest BCUT2D eigenvalue weighted by Crippen LogP contribution is 2.20. The van der Waals surface area contributed by atoms with E-state index in [2.05, 4.69) is 5.32 Å². The zero-order valence-electron chi connectivity index (χ0n) is 10.4. The molecule has 0 unspecified atom stereocenters. The van der Waals surface area contributed by atoms with Crippen molar-refractivity contribution in [2.75, 3.05) is 24.7 Å². The first-order chi connectivity index (χ1) is 8.36. The van der Waals surface area contributed by atoms with Crippen molar-refractivity contribution in [1.29, 1.82) is 0 Å². The lowest BCUT2D eigenvalue weighted by Crippen LogP contribution is -2.53. The molecule has 1 saturated heterocycles. The topological polar surface area (TPSA) is 66.5 Å². The summed E-state index contributed by atoms with van der Waals surface area (Å²) >= 11 is 0. The summed E-state index contributed by atoms with van der Waals surface area (Å²) in [6.45, 7) is 2.50. The molecule has 0 radical (unpaired) electrons. The zero-order valence-corrected chi connectivity index (χ0v) is 11.2. The normalized spacial score (nSPS) is 17.2. The molecule has 0 atom stereocenters. The van der Waals surface area contributed by atoms with Crippen molar-refractivity contribution in [3.05, 3.63) is 29.8 Å². The second-order valence-corrected chi connectivity index (χ2v) is 6.62. The number of hydrogen-bond acceptors (Lipinski definition) is 3. The Morgan fingerprint density at radius 3 is 2.61 bits per heavy atom. The number of nitrogens with zero attached hydrogens (tertiary/aromatic N) is 1. The Bertz CT molecular complexity index is 562. The van der Waals surface area contributed by atoms with Crippen LogP contribution < -0.4 is 5.32 Å². The Hall–Kier alpha value is -1.40. The fourth-order valence-electron chi connectivity index (χ4n) is 1.84. The zero-order chi connectivity index (χ0) is 13.3. The minimum absolute atomic E-state index is 0.125. The maximum absolute atomic E-state index is 11.8. The minimum Gasteiger partial charge on any atom is -0.326 e. The fraction of sp³-hybridized carbons (Fsp3) is 0.417. The molecule has 1 N–H and O–H groups in total. The van der Waals surface area contributed by atoms with Crippen LogP contribution in [-0.4, -0.2) is 38.0 Å². The number of benzene rings is 1. The van der Waals surface area contributed by atoms with Crippen LogP contribution >= 0.6 is 0 Å². The fourth-order valence-corrected chi connectivity index (χ4v) is 2.74. The van der Waals surface area contributed by atoms with Crippen molar-refractivity contribution < 1.29 is 13.2 Å². The average molecular weight is 268 g/mol. The molecule has 6 heteroatoms. The molecular formula is C12H16N2O3S. The Morgan fingerprint density at radius 1 is 1.39 bits per heavy atom. The number of hydrogen-bond donors (Lipinski definition) is 1. The molecule has 0 saturated carbocycles. The first-order valence-electron chi connectivity index (χ1n) is 5.69. The first-order valence-corrected chi connectivity index (χ1v) is 7.54. The number of sulfonamides is 1. The average Bonchev–Trinajstić information content (AvgIpc) is 2.11. The second-order valence-electron chi connectivity index (χ2n) is 4.64. The summed E-state index contributed by atoms with van der Waals surface area (Å²) in [6, 6.07) is 7.52. The first kappa shape index (κ1) is 13.0. The number of amides is 1. The molecule has 1 amide bonds. The van der Waals surface area contributed by atoms with E-state index in [4.69, 9.17) is 0 Å². The van der Waals surface area contributed by atoms with Crippen LogP contribution in [0.5, 0.6) is 0 Å². The molecule has 0 aliphatic carbocycles. The lowest BCUT2D eigenvalue weighted by molar-refractivity contribution is -0.122. The Morgan fingerprint density at radius 2 is 2.06 bits per heavy atom. The lowest BCUT2D eigenvalue weighted by Gasteiger charge is -2.35. The molecule has 98 valence electrons. The third-order valence-electron chi connectivity index (χ3n) is 2.97.